The Labute approximate surface area is 171 Å². The lowest BCUT2D eigenvalue weighted by atomic mass is 10.1. The summed E-state index contributed by atoms with van der Waals surface area (Å²) in [6, 6.07) is 17.3. The molecule has 0 spiro atoms. The van der Waals surface area contributed by atoms with E-state index in [2.05, 4.69) is 5.32 Å². The summed E-state index contributed by atoms with van der Waals surface area (Å²) < 4.78 is 10.7. The lowest BCUT2D eigenvalue weighted by molar-refractivity contribution is -0.921. The van der Waals surface area contributed by atoms with Gasteiger partial charge in [-0.15, -0.1) is 0 Å². The normalized spacial score (nSPS) is 15.5. The molecule has 1 heterocycles. The zero-order valence-corrected chi connectivity index (χ0v) is 16.9. The number of esters is 1. The van der Waals surface area contributed by atoms with Gasteiger partial charge in [0.15, 0.2) is 6.10 Å². The van der Waals surface area contributed by atoms with Crippen molar-refractivity contribution in [3.8, 4) is 0 Å². The van der Waals surface area contributed by atoms with Gasteiger partial charge < -0.3 is 19.7 Å². The summed E-state index contributed by atoms with van der Waals surface area (Å²) in [6.07, 6.45) is -0.101. The lowest BCUT2D eigenvalue weighted by Gasteiger charge is -2.23. The van der Waals surface area contributed by atoms with Crippen LogP contribution in [0.5, 0.6) is 0 Å². The molecular formula is C23H29N2O4+. The SMILES string of the molecule is C[C@H](OC(=O)c1ccc(C[NH+]2CCOCC2)cc1)C(=O)NCCc1ccccc1. The molecule has 1 fully saturated rings. The highest BCUT2D eigenvalue weighted by molar-refractivity contribution is 5.92. The molecule has 0 aliphatic carbocycles. The van der Waals surface area contributed by atoms with Crippen LogP contribution in [0, 0.1) is 0 Å². The molecule has 0 radical (unpaired) electrons. The third-order valence-corrected chi connectivity index (χ3v) is 5.05. The Morgan fingerprint density at radius 3 is 2.41 bits per heavy atom. The molecule has 1 saturated heterocycles. The van der Waals surface area contributed by atoms with E-state index in [9.17, 15) is 9.59 Å². The minimum atomic E-state index is -0.837. The zero-order chi connectivity index (χ0) is 20.5. The summed E-state index contributed by atoms with van der Waals surface area (Å²) in [4.78, 5) is 26.0. The molecule has 1 aliphatic heterocycles. The molecule has 0 bridgehead atoms. The molecular weight excluding hydrogens is 368 g/mol. The number of quaternary nitrogens is 1. The summed E-state index contributed by atoms with van der Waals surface area (Å²) in [5.41, 5.74) is 2.77. The van der Waals surface area contributed by atoms with E-state index in [-0.39, 0.29) is 5.91 Å². The predicted octanol–water partition coefficient (Wildman–Crippen LogP) is 1.01. The topological polar surface area (TPSA) is 69.1 Å². The smallest absolute Gasteiger partial charge is 0.338 e. The highest BCUT2D eigenvalue weighted by Gasteiger charge is 2.19. The Morgan fingerprint density at radius 1 is 1.03 bits per heavy atom. The molecule has 29 heavy (non-hydrogen) atoms. The number of hydrogen-bond donors (Lipinski definition) is 2. The molecule has 6 nitrogen and oxygen atoms in total. The van der Waals surface area contributed by atoms with Crippen molar-refractivity contribution in [2.75, 3.05) is 32.8 Å². The Balaban J connectivity index is 1.42. The zero-order valence-electron chi connectivity index (χ0n) is 16.9. The van der Waals surface area contributed by atoms with Crippen molar-refractivity contribution >= 4 is 11.9 Å². The molecule has 0 unspecified atom stereocenters. The van der Waals surface area contributed by atoms with Crippen LogP contribution in [0.2, 0.25) is 0 Å². The van der Waals surface area contributed by atoms with Gasteiger partial charge in [-0.1, -0.05) is 42.5 Å². The quantitative estimate of drug-likeness (QED) is 0.653. The molecule has 2 N–H and O–H groups in total. The van der Waals surface area contributed by atoms with Crippen LogP contribution in [-0.4, -0.2) is 50.8 Å². The fraction of sp³-hybridized carbons (Fsp3) is 0.391. The highest BCUT2D eigenvalue weighted by atomic mass is 16.5. The fourth-order valence-corrected chi connectivity index (χ4v) is 3.28. The minimum absolute atomic E-state index is 0.290. The van der Waals surface area contributed by atoms with Crippen LogP contribution < -0.4 is 10.2 Å². The van der Waals surface area contributed by atoms with Gasteiger partial charge in [0.2, 0.25) is 0 Å². The number of nitrogens with one attached hydrogen (secondary N) is 2. The summed E-state index contributed by atoms with van der Waals surface area (Å²) in [5.74, 6) is -0.775. The van der Waals surface area contributed by atoms with E-state index in [1.807, 2.05) is 42.5 Å². The Kier molecular flexibility index (Phi) is 7.78. The molecule has 0 aromatic heterocycles. The van der Waals surface area contributed by atoms with Crippen LogP contribution in [0.3, 0.4) is 0 Å². The molecule has 2 aromatic carbocycles. The molecule has 154 valence electrons. The standard InChI is InChI=1S/C23H28N2O4/c1-18(22(26)24-12-11-19-5-3-2-4-6-19)29-23(27)21-9-7-20(8-10-21)17-25-13-15-28-16-14-25/h2-10,18H,11-17H2,1H3,(H,24,26)/p+1/t18-/m0/s1. The second kappa shape index (κ2) is 10.7. The van der Waals surface area contributed by atoms with E-state index in [1.165, 1.54) is 10.5 Å². The first kappa shape index (κ1) is 21.0. The number of rotatable bonds is 8. The van der Waals surface area contributed by atoms with Crippen LogP contribution >= 0.6 is 0 Å². The summed E-state index contributed by atoms with van der Waals surface area (Å²) in [5, 5.41) is 2.81. The molecule has 1 amide bonds. The van der Waals surface area contributed by atoms with Crippen LogP contribution in [0.4, 0.5) is 0 Å². The van der Waals surface area contributed by atoms with Crippen molar-refractivity contribution in [1.29, 1.82) is 0 Å². The van der Waals surface area contributed by atoms with Gasteiger partial charge in [0.25, 0.3) is 5.91 Å². The molecule has 6 heteroatoms. The second-order valence-electron chi connectivity index (χ2n) is 7.31. The van der Waals surface area contributed by atoms with Crippen molar-refractivity contribution < 1.29 is 24.0 Å². The largest absolute Gasteiger partial charge is 0.449 e. The van der Waals surface area contributed by atoms with E-state index in [4.69, 9.17) is 9.47 Å². The van der Waals surface area contributed by atoms with Crippen LogP contribution in [0.25, 0.3) is 0 Å². The maximum atomic E-state index is 12.3. The lowest BCUT2D eigenvalue weighted by Crippen LogP contribution is -3.12. The van der Waals surface area contributed by atoms with Gasteiger partial charge in [-0.2, -0.15) is 0 Å². The third kappa shape index (κ3) is 6.69. The number of carbonyl (C=O) groups is 2. The number of hydrogen-bond acceptors (Lipinski definition) is 4. The van der Waals surface area contributed by atoms with Gasteiger partial charge in [-0.05, 0) is 31.0 Å². The Bertz CT molecular complexity index is 786. The molecule has 0 saturated carbocycles. The third-order valence-electron chi connectivity index (χ3n) is 5.05. The van der Waals surface area contributed by atoms with Crippen molar-refractivity contribution in [2.24, 2.45) is 0 Å². The van der Waals surface area contributed by atoms with Crippen LogP contribution in [0.1, 0.15) is 28.4 Å². The van der Waals surface area contributed by atoms with Crippen molar-refractivity contribution in [1.82, 2.24) is 5.32 Å². The van der Waals surface area contributed by atoms with Crippen molar-refractivity contribution in [3.63, 3.8) is 0 Å². The maximum Gasteiger partial charge on any atom is 0.338 e. The van der Waals surface area contributed by atoms with Gasteiger partial charge in [-0.3, -0.25) is 4.79 Å². The van der Waals surface area contributed by atoms with E-state index in [1.54, 1.807) is 19.1 Å². The van der Waals surface area contributed by atoms with Gasteiger partial charge in [0, 0.05) is 12.1 Å². The summed E-state index contributed by atoms with van der Waals surface area (Å²) in [7, 11) is 0. The Morgan fingerprint density at radius 2 is 1.72 bits per heavy atom. The van der Waals surface area contributed by atoms with E-state index >= 15 is 0 Å². The fourth-order valence-electron chi connectivity index (χ4n) is 3.28. The predicted molar refractivity (Wildman–Crippen MR) is 110 cm³/mol. The Hall–Kier alpha value is -2.70. The molecule has 3 rings (SSSR count). The average Bonchev–Trinajstić information content (AvgIpc) is 2.75. The monoisotopic (exact) mass is 397 g/mol. The van der Waals surface area contributed by atoms with Crippen molar-refractivity contribution in [3.05, 3.63) is 71.3 Å². The maximum absolute atomic E-state index is 12.3. The summed E-state index contributed by atoms with van der Waals surface area (Å²) >= 11 is 0. The second-order valence-corrected chi connectivity index (χ2v) is 7.31. The minimum Gasteiger partial charge on any atom is -0.449 e. The number of ether oxygens (including phenoxy) is 2. The molecule has 2 aromatic rings. The molecule has 1 atom stereocenters. The first-order valence-electron chi connectivity index (χ1n) is 10.1. The van der Waals surface area contributed by atoms with E-state index in [0.717, 1.165) is 44.8 Å². The van der Waals surface area contributed by atoms with Crippen molar-refractivity contribution in [2.45, 2.75) is 26.0 Å². The molecule has 1 aliphatic rings. The van der Waals surface area contributed by atoms with Gasteiger partial charge in [0.05, 0.1) is 18.8 Å². The first-order chi connectivity index (χ1) is 14.1. The van der Waals surface area contributed by atoms with E-state index in [0.29, 0.717) is 12.1 Å². The number of morpholine rings is 1. The van der Waals surface area contributed by atoms with Crippen LogP contribution in [0.15, 0.2) is 54.6 Å². The number of amides is 1. The highest BCUT2D eigenvalue weighted by Crippen LogP contribution is 2.07. The van der Waals surface area contributed by atoms with Gasteiger partial charge >= 0.3 is 5.97 Å². The van der Waals surface area contributed by atoms with Crippen LogP contribution in [-0.2, 0) is 27.2 Å². The summed E-state index contributed by atoms with van der Waals surface area (Å²) in [6.45, 7) is 6.60. The average molecular weight is 397 g/mol. The van der Waals surface area contributed by atoms with E-state index < -0.39 is 12.1 Å². The first-order valence-corrected chi connectivity index (χ1v) is 10.1. The number of benzene rings is 2. The number of carbonyl (C=O) groups excluding carboxylic acids is 2. The van der Waals surface area contributed by atoms with Gasteiger partial charge in [-0.25, -0.2) is 4.79 Å². The van der Waals surface area contributed by atoms with Gasteiger partial charge in [0.1, 0.15) is 19.6 Å².